The Labute approximate surface area is 139 Å². The van der Waals surface area contributed by atoms with E-state index in [2.05, 4.69) is 10.5 Å². The molecule has 3 aromatic rings. The van der Waals surface area contributed by atoms with Crippen molar-refractivity contribution in [3.8, 4) is 11.5 Å². The van der Waals surface area contributed by atoms with Crippen molar-refractivity contribution in [2.24, 2.45) is 5.10 Å². The number of nitrogens with zero attached hydrogens (tertiary/aromatic N) is 1. The summed E-state index contributed by atoms with van der Waals surface area (Å²) >= 11 is 0. The maximum absolute atomic E-state index is 9.48. The maximum Gasteiger partial charge on any atom is 0.115 e. The van der Waals surface area contributed by atoms with Crippen LogP contribution in [0.5, 0.6) is 11.5 Å². The highest BCUT2D eigenvalue weighted by Crippen LogP contribution is 2.18. The molecule has 0 radical (unpaired) electrons. The number of anilines is 2. The Balaban J connectivity index is 1.99. The first-order valence-corrected chi connectivity index (χ1v) is 7.40. The zero-order valence-corrected chi connectivity index (χ0v) is 12.8. The Bertz CT molecular complexity index is 809. The van der Waals surface area contributed by atoms with E-state index in [0.29, 0.717) is 11.4 Å². The average Bonchev–Trinajstić information content (AvgIpc) is 2.58. The van der Waals surface area contributed by atoms with E-state index in [-0.39, 0.29) is 11.5 Å². The van der Waals surface area contributed by atoms with E-state index in [4.69, 9.17) is 5.73 Å². The fraction of sp³-hybridized carbons (Fsp3) is 0. The number of nitrogen functional groups attached to an aromatic ring is 1. The highest BCUT2D eigenvalue weighted by atomic mass is 16.3. The highest BCUT2D eigenvalue weighted by molar-refractivity contribution is 6.13. The normalized spacial score (nSPS) is 10.2. The van der Waals surface area contributed by atoms with Crippen molar-refractivity contribution in [2.45, 2.75) is 0 Å². The predicted molar refractivity (Wildman–Crippen MR) is 96.3 cm³/mol. The van der Waals surface area contributed by atoms with Gasteiger partial charge in [-0.15, -0.1) is 0 Å². The molecule has 5 nitrogen and oxygen atoms in total. The summed E-state index contributed by atoms with van der Waals surface area (Å²) in [5, 5.41) is 23.4. The van der Waals surface area contributed by atoms with Gasteiger partial charge in [0.15, 0.2) is 0 Å². The molecule has 24 heavy (non-hydrogen) atoms. The van der Waals surface area contributed by atoms with E-state index in [1.54, 1.807) is 60.7 Å². The standard InChI is InChI=1S/C19H17N3O2/c20-15-2-1-3-16(12-15)21-22-19(13-4-8-17(23)9-5-13)14-6-10-18(24)11-7-14/h1-12,21,23-24H,20H2. The molecule has 0 aliphatic rings. The zero-order chi connectivity index (χ0) is 16.9. The Morgan fingerprint density at radius 3 is 1.83 bits per heavy atom. The third kappa shape index (κ3) is 3.64. The molecule has 0 aromatic heterocycles. The lowest BCUT2D eigenvalue weighted by molar-refractivity contribution is 0.475. The molecular weight excluding hydrogens is 302 g/mol. The quantitative estimate of drug-likeness (QED) is 0.336. The molecule has 0 fully saturated rings. The minimum atomic E-state index is 0.188. The Kier molecular flexibility index (Phi) is 4.34. The number of hydrogen-bond donors (Lipinski definition) is 4. The van der Waals surface area contributed by atoms with Gasteiger partial charge in [0, 0.05) is 16.8 Å². The number of hydrazone groups is 1. The molecular formula is C19H17N3O2. The van der Waals surface area contributed by atoms with Crippen LogP contribution in [0.1, 0.15) is 11.1 Å². The van der Waals surface area contributed by atoms with Crippen LogP contribution in [0, 0.1) is 0 Å². The number of aromatic hydroxyl groups is 2. The van der Waals surface area contributed by atoms with E-state index in [1.807, 2.05) is 12.1 Å². The van der Waals surface area contributed by atoms with Gasteiger partial charge in [0.05, 0.1) is 11.4 Å². The van der Waals surface area contributed by atoms with E-state index in [0.717, 1.165) is 16.8 Å². The van der Waals surface area contributed by atoms with Gasteiger partial charge < -0.3 is 15.9 Å². The molecule has 0 bridgehead atoms. The molecule has 0 amide bonds. The molecule has 0 aliphatic carbocycles. The van der Waals surface area contributed by atoms with E-state index in [9.17, 15) is 10.2 Å². The zero-order valence-electron chi connectivity index (χ0n) is 12.8. The first-order valence-electron chi connectivity index (χ1n) is 7.40. The number of phenolic OH excluding ortho intramolecular Hbond substituents is 2. The summed E-state index contributed by atoms with van der Waals surface area (Å²) in [6.45, 7) is 0. The molecule has 0 heterocycles. The molecule has 0 saturated heterocycles. The molecule has 5 N–H and O–H groups in total. The fourth-order valence-electron chi connectivity index (χ4n) is 2.26. The molecule has 0 unspecified atom stereocenters. The summed E-state index contributed by atoms with van der Waals surface area (Å²) in [6.07, 6.45) is 0. The number of benzene rings is 3. The van der Waals surface area contributed by atoms with Crippen LogP contribution in [0.3, 0.4) is 0 Å². The first kappa shape index (κ1) is 15.4. The molecule has 0 atom stereocenters. The van der Waals surface area contributed by atoms with Crippen LogP contribution >= 0.6 is 0 Å². The van der Waals surface area contributed by atoms with Crippen molar-refractivity contribution in [1.82, 2.24) is 0 Å². The lowest BCUT2D eigenvalue weighted by Gasteiger charge is -2.09. The second-order valence-corrected chi connectivity index (χ2v) is 5.29. The molecule has 120 valence electrons. The maximum atomic E-state index is 9.48. The Morgan fingerprint density at radius 1 is 0.792 bits per heavy atom. The van der Waals surface area contributed by atoms with Crippen molar-refractivity contribution < 1.29 is 10.2 Å². The third-order valence-corrected chi connectivity index (χ3v) is 3.46. The predicted octanol–water partition coefficient (Wildman–Crippen LogP) is 3.54. The molecule has 5 heteroatoms. The topological polar surface area (TPSA) is 90.9 Å². The monoisotopic (exact) mass is 319 g/mol. The van der Waals surface area contributed by atoms with Crippen LogP contribution < -0.4 is 11.2 Å². The highest BCUT2D eigenvalue weighted by Gasteiger charge is 2.08. The Morgan fingerprint density at radius 2 is 1.33 bits per heavy atom. The smallest absolute Gasteiger partial charge is 0.115 e. The SMILES string of the molecule is Nc1cccc(NN=C(c2ccc(O)cc2)c2ccc(O)cc2)c1. The minimum Gasteiger partial charge on any atom is -0.508 e. The van der Waals surface area contributed by atoms with Crippen LogP contribution in [0.25, 0.3) is 0 Å². The van der Waals surface area contributed by atoms with E-state index < -0.39 is 0 Å². The van der Waals surface area contributed by atoms with Crippen LogP contribution in [0.2, 0.25) is 0 Å². The van der Waals surface area contributed by atoms with Crippen LogP contribution in [-0.2, 0) is 0 Å². The lowest BCUT2D eigenvalue weighted by atomic mass is 10.0. The van der Waals surface area contributed by atoms with Crippen molar-refractivity contribution in [1.29, 1.82) is 0 Å². The lowest BCUT2D eigenvalue weighted by Crippen LogP contribution is -2.06. The summed E-state index contributed by atoms with van der Waals surface area (Å²) in [6, 6.07) is 20.8. The van der Waals surface area contributed by atoms with Crippen LogP contribution in [-0.4, -0.2) is 15.9 Å². The first-order chi connectivity index (χ1) is 11.6. The third-order valence-electron chi connectivity index (χ3n) is 3.46. The number of nitrogens with two attached hydrogens (primary N) is 1. The number of phenols is 2. The summed E-state index contributed by atoms with van der Waals surface area (Å²) in [5.41, 5.74) is 12.5. The molecule has 0 saturated carbocycles. The van der Waals surface area contributed by atoms with Gasteiger partial charge in [-0.25, -0.2) is 0 Å². The molecule has 3 rings (SSSR count). The van der Waals surface area contributed by atoms with Gasteiger partial charge in [0.1, 0.15) is 11.5 Å². The van der Waals surface area contributed by atoms with Gasteiger partial charge >= 0.3 is 0 Å². The Hall–Kier alpha value is -3.47. The number of hydrogen-bond acceptors (Lipinski definition) is 5. The fourth-order valence-corrected chi connectivity index (χ4v) is 2.26. The van der Waals surface area contributed by atoms with Gasteiger partial charge in [-0.1, -0.05) is 6.07 Å². The van der Waals surface area contributed by atoms with Crippen molar-refractivity contribution >= 4 is 17.1 Å². The van der Waals surface area contributed by atoms with Crippen molar-refractivity contribution in [3.05, 3.63) is 83.9 Å². The molecule has 3 aromatic carbocycles. The summed E-state index contributed by atoms with van der Waals surface area (Å²) in [5.74, 6) is 0.375. The summed E-state index contributed by atoms with van der Waals surface area (Å²) in [4.78, 5) is 0. The van der Waals surface area contributed by atoms with Gasteiger partial charge in [0.2, 0.25) is 0 Å². The second kappa shape index (κ2) is 6.75. The van der Waals surface area contributed by atoms with Crippen molar-refractivity contribution in [3.63, 3.8) is 0 Å². The van der Waals surface area contributed by atoms with Gasteiger partial charge in [-0.05, 0) is 66.7 Å². The largest absolute Gasteiger partial charge is 0.508 e. The number of nitrogens with one attached hydrogen (secondary N) is 1. The van der Waals surface area contributed by atoms with Gasteiger partial charge in [0.25, 0.3) is 0 Å². The van der Waals surface area contributed by atoms with E-state index >= 15 is 0 Å². The van der Waals surface area contributed by atoms with Gasteiger partial charge in [-0.3, -0.25) is 5.43 Å². The number of rotatable bonds is 4. The average molecular weight is 319 g/mol. The summed E-state index contributed by atoms with van der Waals surface area (Å²) < 4.78 is 0. The van der Waals surface area contributed by atoms with Gasteiger partial charge in [-0.2, -0.15) is 5.10 Å². The second-order valence-electron chi connectivity index (χ2n) is 5.29. The minimum absolute atomic E-state index is 0.188. The summed E-state index contributed by atoms with van der Waals surface area (Å²) in [7, 11) is 0. The van der Waals surface area contributed by atoms with Crippen molar-refractivity contribution in [2.75, 3.05) is 11.2 Å². The van der Waals surface area contributed by atoms with E-state index in [1.165, 1.54) is 0 Å². The molecule has 0 aliphatic heterocycles. The molecule has 0 spiro atoms. The van der Waals surface area contributed by atoms with Crippen LogP contribution in [0.4, 0.5) is 11.4 Å². The van der Waals surface area contributed by atoms with Crippen LogP contribution in [0.15, 0.2) is 77.9 Å².